The van der Waals surface area contributed by atoms with Gasteiger partial charge in [0.2, 0.25) is 5.88 Å². The third kappa shape index (κ3) is 3.91. The van der Waals surface area contributed by atoms with E-state index < -0.39 is 8.07 Å². The van der Waals surface area contributed by atoms with Gasteiger partial charge in [-0.05, 0) is 0 Å². The van der Waals surface area contributed by atoms with E-state index in [1.54, 1.807) is 0 Å². The van der Waals surface area contributed by atoms with E-state index in [2.05, 4.69) is 41.1 Å². The minimum atomic E-state index is -1.48. The summed E-state index contributed by atoms with van der Waals surface area (Å²) in [6, 6.07) is 0.172. The van der Waals surface area contributed by atoms with Crippen molar-refractivity contribution in [2.75, 3.05) is 14.2 Å². The Morgan fingerprint density at radius 1 is 1.12 bits per heavy atom. The van der Waals surface area contributed by atoms with Gasteiger partial charge in [0.15, 0.2) is 5.15 Å². The van der Waals surface area contributed by atoms with Crippen molar-refractivity contribution in [2.24, 2.45) is 0 Å². The second-order valence-corrected chi connectivity index (χ2v) is 9.49. The summed E-state index contributed by atoms with van der Waals surface area (Å²) in [5.41, 5.74) is 3.71. The molecule has 0 amide bonds. The Balaban J connectivity index is 3.27. The van der Waals surface area contributed by atoms with Gasteiger partial charge in [-0.3, -0.25) is 0 Å². The standard InChI is InChI=1S/C11H15ClN2O2Si/c1-15-10-8(6-7-17(3,4)5)9(12)13-11(14-10)16-2/h1-5H3. The first-order valence-corrected chi connectivity index (χ1v) is 8.94. The average molecular weight is 271 g/mol. The van der Waals surface area contributed by atoms with E-state index in [9.17, 15) is 0 Å². The first-order valence-electron chi connectivity index (χ1n) is 5.06. The molecule has 0 radical (unpaired) electrons. The Morgan fingerprint density at radius 2 is 1.76 bits per heavy atom. The third-order valence-electron chi connectivity index (χ3n) is 1.75. The highest BCUT2D eigenvalue weighted by atomic mass is 35.5. The molecule has 0 saturated carbocycles. The summed E-state index contributed by atoms with van der Waals surface area (Å²) >= 11 is 6.02. The lowest BCUT2D eigenvalue weighted by Crippen LogP contribution is -2.16. The number of ether oxygens (including phenoxy) is 2. The van der Waals surface area contributed by atoms with E-state index >= 15 is 0 Å². The fourth-order valence-corrected chi connectivity index (χ4v) is 1.69. The maximum absolute atomic E-state index is 6.02. The number of hydrogen-bond acceptors (Lipinski definition) is 4. The molecule has 1 aromatic heterocycles. The van der Waals surface area contributed by atoms with Crippen LogP contribution in [0.25, 0.3) is 0 Å². The van der Waals surface area contributed by atoms with Crippen molar-refractivity contribution in [1.82, 2.24) is 9.97 Å². The van der Waals surface area contributed by atoms with Gasteiger partial charge in [0.05, 0.1) is 14.2 Å². The first kappa shape index (κ1) is 13.8. The van der Waals surface area contributed by atoms with Crippen molar-refractivity contribution in [3.8, 4) is 23.4 Å². The lowest BCUT2D eigenvalue weighted by Gasteiger charge is -2.07. The van der Waals surface area contributed by atoms with Gasteiger partial charge in [-0.15, -0.1) is 5.54 Å². The molecule has 0 saturated heterocycles. The molecule has 0 aromatic carbocycles. The van der Waals surface area contributed by atoms with E-state index in [1.165, 1.54) is 14.2 Å². The molecule has 1 aromatic rings. The molecule has 0 aliphatic carbocycles. The highest BCUT2D eigenvalue weighted by molar-refractivity contribution is 6.83. The summed E-state index contributed by atoms with van der Waals surface area (Å²) in [5, 5.41) is 0.249. The van der Waals surface area contributed by atoms with Gasteiger partial charge < -0.3 is 9.47 Å². The summed E-state index contributed by atoms with van der Waals surface area (Å²) in [6.07, 6.45) is 0. The van der Waals surface area contributed by atoms with Crippen molar-refractivity contribution < 1.29 is 9.47 Å². The maximum Gasteiger partial charge on any atom is 0.320 e. The zero-order valence-corrected chi connectivity index (χ0v) is 12.3. The van der Waals surface area contributed by atoms with E-state index in [4.69, 9.17) is 21.1 Å². The zero-order chi connectivity index (χ0) is 13.1. The van der Waals surface area contributed by atoms with E-state index in [1.807, 2.05) is 0 Å². The molecular weight excluding hydrogens is 256 g/mol. The molecule has 0 atom stereocenters. The van der Waals surface area contributed by atoms with Gasteiger partial charge >= 0.3 is 6.01 Å². The second kappa shape index (κ2) is 5.39. The fourth-order valence-electron chi connectivity index (χ4n) is 0.990. The van der Waals surface area contributed by atoms with Crippen LogP contribution in [0.2, 0.25) is 24.8 Å². The van der Waals surface area contributed by atoms with Gasteiger partial charge in [-0.2, -0.15) is 9.97 Å². The molecule has 92 valence electrons. The van der Waals surface area contributed by atoms with Gasteiger partial charge in [-0.1, -0.05) is 37.2 Å². The van der Waals surface area contributed by atoms with Crippen molar-refractivity contribution >= 4 is 19.7 Å². The van der Waals surface area contributed by atoms with Crippen molar-refractivity contribution in [1.29, 1.82) is 0 Å². The molecule has 4 nitrogen and oxygen atoms in total. The zero-order valence-electron chi connectivity index (χ0n) is 10.6. The quantitative estimate of drug-likeness (QED) is 0.470. The predicted molar refractivity (Wildman–Crippen MR) is 70.4 cm³/mol. The largest absolute Gasteiger partial charge is 0.480 e. The first-order chi connectivity index (χ1) is 7.87. The molecule has 0 fully saturated rings. The summed E-state index contributed by atoms with van der Waals surface area (Å²) in [6.45, 7) is 6.43. The molecule has 1 heterocycles. The number of hydrogen-bond donors (Lipinski definition) is 0. The third-order valence-corrected chi connectivity index (χ3v) is 2.90. The Labute approximate surface area is 107 Å². The number of aromatic nitrogens is 2. The Bertz CT molecular complexity index is 475. The Kier molecular flexibility index (Phi) is 4.38. The van der Waals surface area contributed by atoms with Crippen LogP contribution in [-0.4, -0.2) is 32.3 Å². The molecular formula is C11H15ClN2O2Si. The summed E-state index contributed by atoms with van der Waals surface area (Å²) in [7, 11) is 1.50. The van der Waals surface area contributed by atoms with Crippen LogP contribution in [0, 0.1) is 11.5 Å². The summed E-state index contributed by atoms with van der Waals surface area (Å²) < 4.78 is 10.0. The highest BCUT2D eigenvalue weighted by Gasteiger charge is 2.14. The minimum absolute atomic E-state index is 0.172. The van der Waals surface area contributed by atoms with E-state index in [-0.39, 0.29) is 11.2 Å². The molecule has 0 unspecified atom stereocenters. The van der Waals surface area contributed by atoms with Crippen LogP contribution < -0.4 is 9.47 Å². The normalized spacial score (nSPS) is 10.5. The van der Waals surface area contributed by atoms with Crippen LogP contribution in [0.3, 0.4) is 0 Å². The smallest absolute Gasteiger partial charge is 0.320 e. The van der Waals surface area contributed by atoms with Crippen molar-refractivity contribution in [3.05, 3.63) is 10.7 Å². The van der Waals surface area contributed by atoms with Gasteiger partial charge in [-0.25, -0.2) is 0 Å². The van der Waals surface area contributed by atoms with E-state index in [0.29, 0.717) is 11.4 Å². The average Bonchev–Trinajstić information content (AvgIpc) is 2.25. The summed E-state index contributed by atoms with van der Waals surface area (Å²) in [4.78, 5) is 8.01. The molecule has 6 heteroatoms. The molecule has 0 aliphatic heterocycles. The maximum atomic E-state index is 6.02. The van der Waals surface area contributed by atoms with Gasteiger partial charge in [0, 0.05) is 0 Å². The van der Waals surface area contributed by atoms with Gasteiger partial charge in [0.25, 0.3) is 0 Å². The predicted octanol–water partition coefficient (Wildman–Crippen LogP) is 2.38. The van der Waals surface area contributed by atoms with Crippen LogP contribution in [0.15, 0.2) is 0 Å². The number of methoxy groups -OCH3 is 2. The molecule has 0 aliphatic rings. The molecule has 1 rings (SSSR count). The SMILES string of the molecule is COc1nc(Cl)c(C#C[Si](C)(C)C)c(OC)n1. The number of nitrogens with zero attached hydrogens (tertiary/aromatic N) is 2. The van der Waals surface area contributed by atoms with E-state index in [0.717, 1.165) is 0 Å². The van der Waals surface area contributed by atoms with Gasteiger partial charge in [0.1, 0.15) is 13.6 Å². The minimum Gasteiger partial charge on any atom is -0.480 e. The molecule has 0 spiro atoms. The molecule has 0 bridgehead atoms. The molecule has 0 N–H and O–H groups in total. The molecule has 17 heavy (non-hydrogen) atoms. The summed E-state index contributed by atoms with van der Waals surface area (Å²) in [5.74, 6) is 3.34. The van der Waals surface area contributed by atoms with Crippen LogP contribution in [-0.2, 0) is 0 Å². The topological polar surface area (TPSA) is 44.2 Å². The second-order valence-electron chi connectivity index (χ2n) is 4.39. The van der Waals surface area contributed by atoms with Crippen molar-refractivity contribution in [2.45, 2.75) is 19.6 Å². The van der Waals surface area contributed by atoms with Crippen LogP contribution in [0.1, 0.15) is 5.56 Å². The van der Waals surface area contributed by atoms with Crippen LogP contribution in [0.5, 0.6) is 11.9 Å². The highest BCUT2D eigenvalue weighted by Crippen LogP contribution is 2.24. The lowest BCUT2D eigenvalue weighted by molar-refractivity contribution is 0.351. The fraction of sp³-hybridized carbons (Fsp3) is 0.455. The number of rotatable bonds is 2. The monoisotopic (exact) mass is 270 g/mol. The Hall–Kier alpha value is -1.25. The van der Waals surface area contributed by atoms with Crippen molar-refractivity contribution in [3.63, 3.8) is 0 Å². The number of halogens is 1. The van der Waals surface area contributed by atoms with Crippen LogP contribution in [0.4, 0.5) is 0 Å². The van der Waals surface area contributed by atoms with Crippen LogP contribution >= 0.6 is 11.6 Å². The lowest BCUT2D eigenvalue weighted by atomic mass is 10.3. The Morgan fingerprint density at radius 3 is 2.24 bits per heavy atom.